The Hall–Kier alpha value is -1.97. The van der Waals surface area contributed by atoms with Gasteiger partial charge >= 0.3 is 0 Å². The summed E-state index contributed by atoms with van der Waals surface area (Å²) in [5.74, 6) is 0.672. The summed E-state index contributed by atoms with van der Waals surface area (Å²) >= 11 is 11.8. The molecule has 20 heavy (non-hydrogen) atoms. The normalized spacial score (nSPS) is 10.5. The maximum atomic E-state index is 5.92. The van der Waals surface area contributed by atoms with Crippen LogP contribution in [0.5, 0.6) is 0 Å². The van der Waals surface area contributed by atoms with Gasteiger partial charge < -0.3 is 9.73 Å². The van der Waals surface area contributed by atoms with Crippen LogP contribution in [0.25, 0.3) is 11.3 Å². The van der Waals surface area contributed by atoms with Crippen molar-refractivity contribution in [1.29, 1.82) is 0 Å². The summed E-state index contributed by atoms with van der Waals surface area (Å²) in [4.78, 5) is 4.19. The number of nitrogens with zero attached hydrogens (tertiary/aromatic N) is 1. The predicted octanol–water partition coefficient (Wildman–Crippen LogP) is 5.39. The molecule has 3 aromatic rings. The minimum Gasteiger partial charge on any atom is -0.423 e. The molecule has 0 amide bonds. The average Bonchev–Trinajstić information content (AvgIpc) is 2.88. The van der Waals surface area contributed by atoms with Gasteiger partial charge in [-0.25, -0.2) is 4.98 Å². The molecule has 0 aliphatic heterocycles. The van der Waals surface area contributed by atoms with E-state index in [1.807, 2.05) is 36.4 Å². The fourth-order valence-corrected chi connectivity index (χ4v) is 2.09. The molecule has 0 spiro atoms. The van der Waals surface area contributed by atoms with E-state index in [4.69, 9.17) is 27.6 Å². The summed E-state index contributed by atoms with van der Waals surface area (Å²) in [7, 11) is 0. The quantitative estimate of drug-likeness (QED) is 0.704. The fourth-order valence-electron chi connectivity index (χ4n) is 1.77. The second-order valence-electron chi connectivity index (χ2n) is 4.17. The van der Waals surface area contributed by atoms with Gasteiger partial charge in [0.1, 0.15) is 0 Å². The summed E-state index contributed by atoms with van der Waals surface area (Å²) in [6.07, 6.45) is 1.66. The fraction of sp³-hybridized carbons (Fsp3) is 0. The summed E-state index contributed by atoms with van der Waals surface area (Å²) in [5, 5.41) is 4.40. The highest BCUT2D eigenvalue weighted by molar-refractivity contribution is 6.31. The van der Waals surface area contributed by atoms with Gasteiger partial charge in [-0.1, -0.05) is 29.3 Å². The van der Waals surface area contributed by atoms with E-state index in [0.717, 1.165) is 11.3 Å². The van der Waals surface area contributed by atoms with Crippen molar-refractivity contribution in [2.24, 2.45) is 0 Å². The Morgan fingerprint density at radius 2 is 1.75 bits per heavy atom. The van der Waals surface area contributed by atoms with Crippen molar-refractivity contribution in [1.82, 2.24) is 4.98 Å². The van der Waals surface area contributed by atoms with Crippen molar-refractivity contribution < 1.29 is 4.42 Å². The largest absolute Gasteiger partial charge is 0.423 e. The van der Waals surface area contributed by atoms with Crippen molar-refractivity contribution >= 4 is 34.9 Å². The third-order valence-corrected chi connectivity index (χ3v) is 3.20. The van der Waals surface area contributed by atoms with E-state index in [-0.39, 0.29) is 0 Å². The number of benzene rings is 2. The first kappa shape index (κ1) is 13.0. The van der Waals surface area contributed by atoms with Crippen LogP contribution in [0, 0.1) is 0 Å². The molecule has 0 saturated heterocycles. The van der Waals surface area contributed by atoms with Crippen LogP contribution in [-0.4, -0.2) is 4.98 Å². The maximum Gasteiger partial charge on any atom is 0.299 e. The monoisotopic (exact) mass is 304 g/mol. The SMILES string of the molecule is Clc1ccc(-c2cnc(Nc3cccc(Cl)c3)o2)cc1. The Balaban J connectivity index is 1.82. The van der Waals surface area contributed by atoms with Crippen LogP contribution >= 0.6 is 23.2 Å². The zero-order valence-corrected chi connectivity index (χ0v) is 11.8. The molecule has 3 rings (SSSR count). The zero-order chi connectivity index (χ0) is 13.9. The molecule has 5 heteroatoms. The number of halogens is 2. The molecule has 1 N–H and O–H groups in total. The first-order valence-electron chi connectivity index (χ1n) is 5.95. The minimum absolute atomic E-state index is 0.414. The van der Waals surface area contributed by atoms with Gasteiger partial charge in [-0.15, -0.1) is 0 Å². The maximum absolute atomic E-state index is 5.92. The molecule has 0 fully saturated rings. The Bertz CT molecular complexity index is 723. The summed E-state index contributed by atoms with van der Waals surface area (Å²) in [5.41, 5.74) is 1.74. The molecule has 100 valence electrons. The molecule has 0 atom stereocenters. The van der Waals surface area contributed by atoms with Gasteiger partial charge in [0.2, 0.25) is 0 Å². The van der Waals surface area contributed by atoms with Crippen molar-refractivity contribution in [2.45, 2.75) is 0 Å². The third-order valence-electron chi connectivity index (χ3n) is 2.71. The van der Waals surface area contributed by atoms with E-state index in [0.29, 0.717) is 21.8 Å². The third kappa shape index (κ3) is 2.95. The zero-order valence-electron chi connectivity index (χ0n) is 10.3. The van der Waals surface area contributed by atoms with E-state index in [9.17, 15) is 0 Å². The Morgan fingerprint density at radius 1 is 0.950 bits per heavy atom. The van der Waals surface area contributed by atoms with E-state index in [1.54, 1.807) is 18.3 Å². The lowest BCUT2D eigenvalue weighted by molar-refractivity contribution is 0.592. The van der Waals surface area contributed by atoms with Crippen molar-refractivity contribution in [3.63, 3.8) is 0 Å². The van der Waals surface area contributed by atoms with Crippen LogP contribution in [0.3, 0.4) is 0 Å². The van der Waals surface area contributed by atoms with E-state index in [1.165, 1.54) is 0 Å². The predicted molar refractivity (Wildman–Crippen MR) is 81.7 cm³/mol. The van der Waals surface area contributed by atoms with E-state index >= 15 is 0 Å². The number of nitrogens with one attached hydrogen (secondary N) is 1. The first-order chi connectivity index (χ1) is 9.70. The van der Waals surface area contributed by atoms with Crippen molar-refractivity contribution in [2.75, 3.05) is 5.32 Å². The molecule has 2 aromatic carbocycles. The molecule has 0 aliphatic rings. The van der Waals surface area contributed by atoms with E-state index in [2.05, 4.69) is 10.3 Å². The number of anilines is 2. The van der Waals surface area contributed by atoms with Gasteiger partial charge in [0, 0.05) is 21.3 Å². The first-order valence-corrected chi connectivity index (χ1v) is 6.71. The lowest BCUT2D eigenvalue weighted by atomic mass is 10.2. The average molecular weight is 305 g/mol. The Labute approximate surface area is 126 Å². The highest BCUT2D eigenvalue weighted by atomic mass is 35.5. The molecule has 0 saturated carbocycles. The van der Waals surface area contributed by atoms with Gasteiger partial charge in [-0.05, 0) is 42.5 Å². The second kappa shape index (κ2) is 5.57. The number of oxazole rings is 1. The Morgan fingerprint density at radius 3 is 2.50 bits per heavy atom. The van der Waals surface area contributed by atoms with Crippen LogP contribution in [-0.2, 0) is 0 Å². The number of rotatable bonds is 3. The summed E-state index contributed by atoms with van der Waals surface area (Å²) < 4.78 is 5.64. The molecule has 3 nitrogen and oxygen atoms in total. The highest BCUT2D eigenvalue weighted by Gasteiger charge is 2.06. The standard InChI is InChI=1S/C15H10Cl2N2O/c16-11-6-4-10(5-7-11)14-9-18-15(20-14)19-13-3-1-2-12(17)8-13/h1-9H,(H,18,19). The van der Waals surface area contributed by atoms with Crippen molar-refractivity contribution in [3.8, 4) is 11.3 Å². The second-order valence-corrected chi connectivity index (χ2v) is 5.04. The van der Waals surface area contributed by atoms with Crippen LogP contribution in [0.1, 0.15) is 0 Å². The smallest absolute Gasteiger partial charge is 0.299 e. The van der Waals surface area contributed by atoms with Crippen LogP contribution in [0.2, 0.25) is 10.0 Å². The molecular formula is C15H10Cl2N2O. The van der Waals surface area contributed by atoms with Gasteiger partial charge in [-0.2, -0.15) is 0 Å². The summed E-state index contributed by atoms with van der Waals surface area (Å²) in [6, 6.07) is 15.1. The van der Waals surface area contributed by atoms with Crippen molar-refractivity contribution in [3.05, 3.63) is 64.8 Å². The molecule has 0 unspecified atom stereocenters. The van der Waals surface area contributed by atoms with Gasteiger partial charge in [0.05, 0.1) is 6.20 Å². The van der Waals surface area contributed by atoms with Gasteiger partial charge in [0.25, 0.3) is 6.01 Å². The molecule has 0 radical (unpaired) electrons. The summed E-state index contributed by atoms with van der Waals surface area (Å²) in [6.45, 7) is 0. The van der Waals surface area contributed by atoms with E-state index < -0.39 is 0 Å². The lowest BCUT2D eigenvalue weighted by Gasteiger charge is -2.01. The molecule has 1 heterocycles. The molecule has 1 aromatic heterocycles. The topological polar surface area (TPSA) is 38.1 Å². The lowest BCUT2D eigenvalue weighted by Crippen LogP contribution is -1.89. The van der Waals surface area contributed by atoms with Crippen LogP contribution in [0.15, 0.2) is 59.1 Å². The molecular weight excluding hydrogens is 295 g/mol. The highest BCUT2D eigenvalue weighted by Crippen LogP contribution is 2.26. The molecule has 0 bridgehead atoms. The van der Waals surface area contributed by atoms with Crippen LogP contribution < -0.4 is 5.32 Å². The van der Waals surface area contributed by atoms with Crippen LogP contribution in [0.4, 0.5) is 11.7 Å². The molecule has 0 aliphatic carbocycles. The van der Waals surface area contributed by atoms with Gasteiger partial charge in [-0.3, -0.25) is 0 Å². The number of hydrogen-bond acceptors (Lipinski definition) is 3. The number of hydrogen-bond donors (Lipinski definition) is 1. The van der Waals surface area contributed by atoms with Gasteiger partial charge in [0.15, 0.2) is 5.76 Å². The Kier molecular flexibility index (Phi) is 3.63. The number of aromatic nitrogens is 1. The minimum atomic E-state index is 0.414.